The molecule has 320 valence electrons. The Balaban J connectivity index is 0.00000530. The standard InChI is InChI=1S/C59H36N6O.Pt/c1-3-17-40(18-4-1)48-38-60-34-33-50(48)63-39-62(54-30-13-14-31-55(54)63)42-21-15-22-43(35-42)66-58-37-56-47(36-57(58)64-51-27-10-7-23-44(51)45-24-8-11-28-52(45)64)46-25-9-12-29-53(46)65(56)59-32-16-26-49(61-59)41-19-5-2-6-20-41;/h1-34,36,38H;/q-2;/i1D,3D,4D,17D,18D;. The van der Waals surface area contributed by atoms with Crippen LogP contribution in [0.5, 0.6) is 11.5 Å². The SMILES string of the molecule is [2H]c1c([2H])c([2H])c(-c2cnccc2-[n+]2[c-]n(-c3[c-]c(Oc4[c-]c5c(cc4-n4c6ccccc6c6ccccc64)c4ccccc4n5-c4cccc(-c5ccccc5)n4)ccc3)c3ccccc32)c([2H])c1[2H].[Pt]. The van der Waals surface area contributed by atoms with Crippen LogP contribution in [0, 0.1) is 18.5 Å². The molecule has 0 spiro atoms. The third-order valence-corrected chi connectivity index (χ3v) is 12.1. The summed E-state index contributed by atoms with van der Waals surface area (Å²) in [5.74, 6) is 1.63. The van der Waals surface area contributed by atoms with E-state index in [0.717, 1.165) is 77.4 Å². The second-order valence-electron chi connectivity index (χ2n) is 15.9. The van der Waals surface area contributed by atoms with Crippen LogP contribution in [0.4, 0.5) is 0 Å². The van der Waals surface area contributed by atoms with Crippen molar-refractivity contribution in [1.29, 1.82) is 0 Å². The molecule has 0 saturated heterocycles. The van der Waals surface area contributed by atoms with Gasteiger partial charge < -0.3 is 18.4 Å². The third kappa shape index (κ3) is 6.74. The predicted molar refractivity (Wildman–Crippen MR) is 263 cm³/mol. The van der Waals surface area contributed by atoms with E-state index in [4.69, 9.17) is 16.6 Å². The number of hydrogen-bond acceptors (Lipinski definition) is 3. The molecule has 67 heavy (non-hydrogen) atoms. The first-order valence-corrected chi connectivity index (χ1v) is 21.5. The minimum absolute atomic E-state index is 0. The Morgan fingerprint density at radius 2 is 1.22 bits per heavy atom. The van der Waals surface area contributed by atoms with Gasteiger partial charge in [0.2, 0.25) is 0 Å². The molecule has 7 nitrogen and oxygen atoms in total. The van der Waals surface area contributed by atoms with E-state index < -0.39 is 18.1 Å². The van der Waals surface area contributed by atoms with Gasteiger partial charge in [-0.25, -0.2) is 4.98 Å². The molecule has 13 aromatic rings. The van der Waals surface area contributed by atoms with Crippen LogP contribution in [0.15, 0.2) is 219 Å². The molecule has 0 aliphatic carbocycles. The summed E-state index contributed by atoms with van der Waals surface area (Å²) in [7, 11) is 0. The van der Waals surface area contributed by atoms with E-state index in [9.17, 15) is 0 Å². The van der Waals surface area contributed by atoms with Crippen molar-refractivity contribution >= 4 is 54.6 Å². The number of fused-ring (bicyclic) bond motifs is 7. The number of aromatic nitrogens is 6. The molecule has 0 radical (unpaired) electrons. The van der Waals surface area contributed by atoms with Crippen LogP contribution in [-0.4, -0.2) is 23.7 Å². The molecule has 0 atom stereocenters. The summed E-state index contributed by atoms with van der Waals surface area (Å²) >= 11 is 0. The summed E-state index contributed by atoms with van der Waals surface area (Å²) in [6.45, 7) is 0. The van der Waals surface area contributed by atoms with E-state index in [-0.39, 0.29) is 38.7 Å². The predicted octanol–water partition coefficient (Wildman–Crippen LogP) is 13.4. The first-order valence-electron chi connectivity index (χ1n) is 24.0. The van der Waals surface area contributed by atoms with E-state index in [0.29, 0.717) is 28.4 Å². The normalized spacial score (nSPS) is 12.5. The van der Waals surface area contributed by atoms with E-state index >= 15 is 0 Å². The van der Waals surface area contributed by atoms with Gasteiger partial charge in [-0.1, -0.05) is 156 Å². The quantitative estimate of drug-likeness (QED) is 0.113. The molecule has 8 aromatic carbocycles. The zero-order chi connectivity index (χ0) is 47.9. The van der Waals surface area contributed by atoms with Gasteiger partial charge in [0.15, 0.2) is 0 Å². The Kier molecular flexibility index (Phi) is 8.64. The minimum Gasteiger partial charge on any atom is -0.508 e. The second kappa shape index (κ2) is 16.6. The Morgan fingerprint density at radius 3 is 1.99 bits per heavy atom. The fraction of sp³-hybridized carbons (Fsp3) is 0. The average Bonchev–Trinajstić information content (AvgIpc) is 4.08. The molecule has 0 fully saturated rings. The van der Waals surface area contributed by atoms with Crippen LogP contribution in [0.3, 0.4) is 0 Å². The molecule has 5 heterocycles. The number of imidazole rings is 1. The van der Waals surface area contributed by atoms with Crippen molar-refractivity contribution in [3.05, 3.63) is 237 Å². The molecular weight excluding hydrogens is 1000 g/mol. The maximum Gasteiger partial charge on any atom is 0.268 e. The molecule has 5 aromatic heterocycles. The summed E-state index contributed by atoms with van der Waals surface area (Å²) in [5, 5.41) is 4.24. The Bertz CT molecular complexity index is 4220. The number of rotatable bonds is 8. The van der Waals surface area contributed by atoms with Gasteiger partial charge in [0.05, 0.1) is 29.3 Å². The van der Waals surface area contributed by atoms with E-state index in [1.807, 2.05) is 94.1 Å². The molecule has 0 N–H and O–H groups in total. The van der Waals surface area contributed by atoms with Gasteiger partial charge in [-0.2, -0.15) is 12.1 Å². The average molecular weight is 1050 g/mol. The van der Waals surface area contributed by atoms with Crippen molar-refractivity contribution in [1.82, 2.24) is 23.7 Å². The zero-order valence-corrected chi connectivity index (χ0v) is 37.6. The molecule has 0 unspecified atom stereocenters. The monoisotopic (exact) mass is 1040 g/mol. The van der Waals surface area contributed by atoms with Gasteiger partial charge in [-0.15, -0.1) is 24.3 Å². The van der Waals surface area contributed by atoms with Crippen LogP contribution in [0.25, 0.3) is 99.9 Å². The van der Waals surface area contributed by atoms with Crippen molar-refractivity contribution in [2.75, 3.05) is 0 Å². The molecule has 0 bridgehead atoms. The maximum atomic E-state index is 8.81. The van der Waals surface area contributed by atoms with Gasteiger partial charge in [-0.3, -0.25) is 9.55 Å². The number of ether oxygens (including phenoxy) is 1. The number of hydrogen-bond donors (Lipinski definition) is 0. The van der Waals surface area contributed by atoms with Crippen molar-refractivity contribution in [2.45, 2.75) is 0 Å². The van der Waals surface area contributed by atoms with Crippen LogP contribution in [0.2, 0.25) is 0 Å². The van der Waals surface area contributed by atoms with E-state index in [2.05, 4.69) is 118 Å². The van der Waals surface area contributed by atoms with E-state index in [1.165, 1.54) is 6.20 Å². The largest absolute Gasteiger partial charge is 0.508 e. The zero-order valence-electron chi connectivity index (χ0n) is 40.3. The Labute approximate surface area is 407 Å². The molecule has 0 saturated carbocycles. The number of nitrogens with zero attached hydrogens (tertiary/aromatic N) is 6. The van der Waals surface area contributed by atoms with Crippen molar-refractivity contribution in [3.8, 4) is 56.8 Å². The van der Waals surface area contributed by atoms with Gasteiger partial charge in [0.1, 0.15) is 5.82 Å². The topological polar surface area (TPSA) is 53.7 Å². The Morgan fingerprint density at radius 1 is 0.567 bits per heavy atom. The maximum absolute atomic E-state index is 8.81. The first-order chi connectivity index (χ1) is 34.8. The van der Waals surface area contributed by atoms with Crippen LogP contribution in [0.1, 0.15) is 6.85 Å². The summed E-state index contributed by atoms with van der Waals surface area (Å²) in [5.41, 5.74) is 9.52. The second-order valence-corrected chi connectivity index (χ2v) is 15.9. The fourth-order valence-electron chi connectivity index (χ4n) is 9.20. The molecule has 13 rings (SSSR count). The smallest absolute Gasteiger partial charge is 0.268 e. The van der Waals surface area contributed by atoms with Crippen molar-refractivity contribution in [2.24, 2.45) is 0 Å². The fourth-order valence-corrected chi connectivity index (χ4v) is 9.20. The molecule has 0 aliphatic heterocycles. The summed E-state index contributed by atoms with van der Waals surface area (Å²) in [6.07, 6.45) is 6.63. The summed E-state index contributed by atoms with van der Waals surface area (Å²) in [4.78, 5) is 9.56. The molecule has 0 amide bonds. The van der Waals surface area contributed by atoms with Crippen LogP contribution >= 0.6 is 0 Å². The molecule has 0 aliphatic rings. The van der Waals surface area contributed by atoms with Crippen molar-refractivity contribution in [3.63, 3.8) is 0 Å². The minimum atomic E-state index is -0.463. The van der Waals surface area contributed by atoms with Gasteiger partial charge in [-0.05, 0) is 58.7 Å². The van der Waals surface area contributed by atoms with Gasteiger partial charge >= 0.3 is 0 Å². The van der Waals surface area contributed by atoms with E-state index in [1.54, 1.807) is 12.3 Å². The van der Waals surface area contributed by atoms with Crippen LogP contribution in [-0.2, 0) is 21.1 Å². The number of pyridine rings is 2. The number of benzene rings is 8. The summed E-state index contributed by atoms with van der Waals surface area (Å²) < 4.78 is 57.9. The summed E-state index contributed by atoms with van der Waals surface area (Å²) in [6, 6.07) is 64.2. The third-order valence-electron chi connectivity index (χ3n) is 12.1. The van der Waals surface area contributed by atoms with Gasteiger partial charge in [0, 0.05) is 83.4 Å². The van der Waals surface area contributed by atoms with Crippen molar-refractivity contribution < 1.29 is 37.2 Å². The molecule has 8 heteroatoms. The first kappa shape index (κ1) is 35.0. The molecular formula is C59H36N6OPt-2. The van der Waals surface area contributed by atoms with Crippen LogP contribution < -0.4 is 9.30 Å². The van der Waals surface area contributed by atoms with Gasteiger partial charge in [0.25, 0.3) is 6.33 Å². The Hall–Kier alpha value is -8.38. The number of para-hydroxylation sites is 5.